The Kier molecular flexibility index (Phi) is 9.72. The van der Waals surface area contributed by atoms with Crippen LogP contribution in [0.25, 0.3) is 5.82 Å². The van der Waals surface area contributed by atoms with E-state index in [-0.39, 0.29) is 31.8 Å². The quantitative estimate of drug-likeness (QED) is 0.519. The van der Waals surface area contributed by atoms with Crippen molar-refractivity contribution < 1.29 is 18.4 Å². The highest BCUT2D eigenvalue weighted by molar-refractivity contribution is 6.62. The zero-order chi connectivity index (χ0) is 24.6. The van der Waals surface area contributed by atoms with Gasteiger partial charge in [0.1, 0.15) is 0 Å². The van der Waals surface area contributed by atoms with Crippen molar-refractivity contribution in [1.29, 1.82) is 0 Å². The molecule has 1 saturated heterocycles. The molecule has 2 aromatic heterocycles. The van der Waals surface area contributed by atoms with Crippen molar-refractivity contribution >= 4 is 22.9 Å². The van der Waals surface area contributed by atoms with Crippen LogP contribution in [-0.2, 0) is 13.0 Å². The molecule has 2 aliphatic heterocycles. The maximum atomic E-state index is 13.2. The lowest BCUT2D eigenvalue weighted by atomic mass is 10.1. The minimum atomic E-state index is -2.66. The average Bonchev–Trinajstić information content (AvgIpc) is 3.25. The number of alkyl halides is 2. The second-order valence-corrected chi connectivity index (χ2v) is 7.98. The number of pyridine rings is 1. The fraction of sp³-hybridized carbons (Fsp3) is 0.545. The number of carbonyl (C=O) groups is 2. The van der Waals surface area contributed by atoms with Gasteiger partial charge in [-0.25, -0.2) is 18.4 Å². The molecule has 0 unspecified atom stereocenters. The van der Waals surface area contributed by atoms with Gasteiger partial charge in [0.05, 0.1) is 17.5 Å². The summed E-state index contributed by atoms with van der Waals surface area (Å²) >= 11 is 4.90. The molecule has 2 aromatic rings. The largest absolute Gasteiger partial charge is 0.338 e. The van der Waals surface area contributed by atoms with Crippen LogP contribution in [0.3, 0.4) is 0 Å². The van der Waals surface area contributed by atoms with Gasteiger partial charge in [-0.3, -0.25) is 9.59 Å². The van der Waals surface area contributed by atoms with Crippen molar-refractivity contribution in [3.8, 4) is 5.82 Å². The summed E-state index contributed by atoms with van der Waals surface area (Å²) in [5.41, 5.74) is 2.70. The van der Waals surface area contributed by atoms with Crippen LogP contribution in [0, 0.1) is 0 Å². The van der Waals surface area contributed by atoms with E-state index in [1.165, 1.54) is 16.0 Å². The van der Waals surface area contributed by atoms with Gasteiger partial charge in [0.15, 0.2) is 5.82 Å². The Bertz CT molecular complexity index is 923. The third kappa shape index (κ3) is 7.20. The van der Waals surface area contributed by atoms with Crippen LogP contribution in [0.4, 0.5) is 13.6 Å². The molecule has 0 radical (unpaired) electrons. The summed E-state index contributed by atoms with van der Waals surface area (Å²) in [6, 6.07) is 3.44. The first-order valence-electron chi connectivity index (χ1n) is 10.9. The van der Waals surface area contributed by atoms with Gasteiger partial charge < -0.3 is 15.1 Å². The number of likely N-dealkylation sites (tertiary alicyclic amines) is 1. The number of hydrogen-bond donors (Lipinski definition) is 1. The lowest BCUT2D eigenvalue weighted by Gasteiger charge is -2.31. The monoisotopic (exact) mass is 484 g/mol. The van der Waals surface area contributed by atoms with Gasteiger partial charge >= 0.3 is 5.37 Å². The molecule has 11 heteroatoms. The molecule has 0 spiro atoms. The number of carbonyl (C=O) groups excluding carboxylic acids is 2. The van der Waals surface area contributed by atoms with Crippen LogP contribution < -0.4 is 5.32 Å². The van der Waals surface area contributed by atoms with Gasteiger partial charge in [0.2, 0.25) is 0 Å². The highest BCUT2D eigenvalue weighted by atomic mass is 35.5. The molecule has 4 rings (SSSR count). The minimum absolute atomic E-state index is 0.0766. The van der Waals surface area contributed by atoms with E-state index in [9.17, 15) is 18.4 Å². The molecule has 1 fully saturated rings. The summed E-state index contributed by atoms with van der Waals surface area (Å²) in [7, 11) is 3.19. The maximum Gasteiger partial charge on any atom is 0.315 e. The fourth-order valence-electron chi connectivity index (χ4n) is 3.31. The normalized spacial score (nSPS) is 16.4. The highest BCUT2D eigenvalue weighted by Gasteiger charge is 2.35. The number of aromatic nitrogens is 3. The molecule has 0 atom stereocenters. The summed E-state index contributed by atoms with van der Waals surface area (Å²) in [4.78, 5) is 29.4. The molecule has 0 bridgehead atoms. The molecule has 0 aliphatic carbocycles. The molecule has 2 aliphatic rings. The van der Waals surface area contributed by atoms with Crippen molar-refractivity contribution in [1.82, 2.24) is 29.9 Å². The van der Waals surface area contributed by atoms with Gasteiger partial charge in [-0.15, -0.1) is 0 Å². The van der Waals surface area contributed by atoms with E-state index in [4.69, 9.17) is 11.6 Å². The summed E-state index contributed by atoms with van der Waals surface area (Å²) in [5.74, 6) is -2.25. The number of nitrogens with one attached hydrogen (secondary N) is 1. The average molecular weight is 485 g/mol. The van der Waals surface area contributed by atoms with E-state index < -0.39 is 11.3 Å². The molecular formula is C22H31ClF2N6O2. The molecule has 0 saturated carbocycles. The molecule has 4 heterocycles. The van der Waals surface area contributed by atoms with Crippen LogP contribution in [0.2, 0.25) is 0 Å². The SMILES string of the molecule is CC.CN(C)C(=O)Cl.O=C(c1ccc(-n2ncc3c2CCNC3)nc1)N1CCC(F)(F)CC1. The van der Waals surface area contributed by atoms with E-state index >= 15 is 0 Å². The van der Waals surface area contributed by atoms with Crippen LogP contribution in [0.15, 0.2) is 24.5 Å². The number of fused-ring (bicyclic) bond motifs is 1. The molecule has 1 N–H and O–H groups in total. The third-order valence-corrected chi connectivity index (χ3v) is 5.49. The Morgan fingerprint density at radius 1 is 1.15 bits per heavy atom. The summed E-state index contributed by atoms with van der Waals surface area (Å²) in [5, 5.41) is 7.24. The van der Waals surface area contributed by atoms with E-state index in [0.717, 1.165) is 30.8 Å². The number of halogens is 3. The van der Waals surface area contributed by atoms with Gasteiger partial charge in [-0.2, -0.15) is 5.10 Å². The lowest BCUT2D eigenvalue weighted by Crippen LogP contribution is -2.42. The van der Waals surface area contributed by atoms with Crippen LogP contribution >= 0.6 is 11.6 Å². The summed E-state index contributed by atoms with van der Waals surface area (Å²) in [6.07, 6.45) is 3.64. The first-order valence-corrected chi connectivity index (χ1v) is 11.3. The number of nitrogens with zero attached hydrogens (tertiary/aromatic N) is 5. The van der Waals surface area contributed by atoms with E-state index in [0.29, 0.717) is 11.4 Å². The third-order valence-electron chi connectivity index (χ3n) is 5.16. The zero-order valence-corrected chi connectivity index (χ0v) is 20.2. The smallest absolute Gasteiger partial charge is 0.315 e. The van der Waals surface area contributed by atoms with Crippen molar-refractivity contribution in [2.75, 3.05) is 33.7 Å². The molecule has 33 heavy (non-hydrogen) atoms. The van der Waals surface area contributed by atoms with Gasteiger partial charge in [-0.05, 0) is 23.7 Å². The fourth-order valence-corrected chi connectivity index (χ4v) is 3.31. The maximum absolute atomic E-state index is 13.2. The zero-order valence-electron chi connectivity index (χ0n) is 19.4. The lowest BCUT2D eigenvalue weighted by molar-refractivity contribution is -0.0494. The Morgan fingerprint density at radius 2 is 1.79 bits per heavy atom. The Labute approximate surface area is 197 Å². The molecule has 182 valence electrons. The van der Waals surface area contributed by atoms with E-state index in [1.54, 1.807) is 30.9 Å². The van der Waals surface area contributed by atoms with Crippen LogP contribution in [0.5, 0.6) is 0 Å². The Balaban J connectivity index is 0.000000421. The molecular weight excluding hydrogens is 454 g/mol. The Morgan fingerprint density at radius 3 is 2.33 bits per heavy atom. The first-order chi connectivity index (χ1) is 15.7. The van der Waals surface area contributed by atoms with Gasteiger partial charge in [0, 0.05) is 71.3 Å². The highest BCUT2D eigenvalue weighted by Crippen LogP contribution is 2.28. The number of hydrogen-bond acceptors (Lipinski definition) is 5. The predicted molar refractivity (Wildman–Crippen MR) is 123 cm³/mol. The second-order valence-electron chi connectivity index (χ2n) is 7.66. The molecule has 8 nitrogen and oxygen atoms in total. The first kappa shape index (κ1) is 26.7. The van der Waals surface area contributed by atoms with E-state index in [1.807, 2.05) is 20.0 Å². The minimum Gasteiger partial charge on any atom is -0.338 e. The number of amides is 2. The van der Waals surface area contributed by atoms with Crippen molar-refractivity contribution in [3.63, 3.8) is 0 Å². The van der Waals surface area contributed by atoms with E-state index in [2.05, 4.69) is 15.4 Å². The predicted octanol–water partition coefficient (Wildman–Crippen LogP) is 3.72. The number of piperidine rings is 1. The molecule has 0 aromatic carbocycles. The van der Waals surface area contributed by atoms with Crippen LogP contribution in [-0.4, -0.2) is 75.5 Å². The van der Waals surface area contributed by atoms with Crippen molar-refractivity contribution in [2.45, 2.75) is 45.6 Å². The standard InChI is InChI=1S/C17H19F2N5O.C3H6ClNO.C2H6/c18-17(19)4-7-23(8-5-17)16(25)12-1-2-15(21-10-12)24-14-3-6-20-9-13(14)11-22-24;1-5(2)3(4)6;1-2/h1-2,10-11,20H,3-9H2;1-2H3;1-2H3. The number of rotatable bonds is 2. The van der Waals surface area contributed by atoms with Crippen molar-refractivity contribution in [2.24, 2.45) is 0 Å². The van der Waals surface area contributed by atoms with Crippen molar-refractivity contribution in [3.05, 3.63) is 41.3 Å². The van der Waals surface area contributed by atoms with Gasteiger partial charge in [0.25, 0.3) is 11.8 Å². The topological polar surface area (TPSA) is 83.4 Å². The summed E-state index contributed by atoms with van der Waals surface area (Å²) in [6.45, 7) is 5.85. The Hall–Kier alpha value is -2.59. The van der Waals surface area contributed by atoms with Gasteiger partial charge in [-0.1, -0.05) is 13.8 Å². The molecule has 2 amide bonds. The van der Waals surface area contributed by atoms with Crippen LogP contribution in [0.1, 0.15) is 48.3 Å². The summed E-state index contributed by atoms with van der Waals surface area (Å²) < 4.78 is 28.3. The second kappa shape index (κ2) is 12.0.